The molecular formula is C26H28F7NO2. The predicted molar refractivity (Wildman–Crippen MR) is 119 cm³/mol. The number of alkyl halides is 6. The van der Waals surface area contributed by atoms with Crippen molar-refractivity contribution in [2.75, 3.05) is 19.8 Å². The van der Waals surface area contributed by atoms with Crippen LogP contribution in [0.4, 0.5) is 30.7 Å². The van der Waals surface area contributed by atoms with E-state index in [0.29, 0.717) is 18.7 Å². The molecule has 10 heteroatoms. The molecule has 4 unspecified atom stereocenters. The van der Waals surface area contributed by atoms with Crippen molar-refractivity contribution in [2.45, 2.75) is 62.7 Å². The van der Waals surface area contributed by atoms with Crippen LogP contribution in [0.2, 0.25) is 0 Å². The monoisotopic (exact) mass is 519 g/mol. The minimum Gasteiger partial charge on any atom is -0.352 e. The molecule has 36 heavy (non-hydrogen) atoms. The third-order valence-electron chi connectivity index (χ3n) is 6.93. The van der Waals surface area contributed by atoms with E-state index in [2.05, 4.69) is 5.32 Å². The SMILES string of the molecule is Fc1ccc(C2C(OCCc3cc(C(F)(F)F)cc(C(F)(F)F)c3)OCCC2C2CCCCN2)cc1. The Morgan fingerprint density at radius 3 is 2.14 bits per heavy atom. The van der Waals surface area contributed by atoms with Crippen molar-refractivity contribution >= 4 is 0 Å². The molecule has 0 radical (unpaired) electrons. The van der Waals surface area contributed by atoms with Crippen molar-refractivity contribution in [2.24, 2.45) is 5.92 Å². The van der Waals surface area contributed by atoms with E-state index in [4.69, 9.17) is 9.47 Å². The van der Waals surface area contributed by atoms with Gasteiger partial charge in [0, 0.05) is 12.0 Å². The van der Waals surface area contributed by atoms with Gasteiger partial charge in [-0.15, -0.1) is 0 Å². The highest BCUT2D eigenvalue weighted by atomic mass is 19.4. The predicted octanol–water partition coefficient (Wildman–Crippen LogP) is 6.71. The van der Waals surface area contributed by atoms with Crippen LogP contribution in [0.15, 0.2) is 42.5 Å². The highest BCUT2D eigenvalue weighted by molar-refractivity contribution is 5.33. The van der Waals surface area contributed by atoms with Gasteiger partial charge < -0.3 is 14.8 Å². The Kier molecular flexibility index (Phi) is 8.26. The molecule has 2 fully saturated rings. The second-order valence-corrected chi connectivity index (χ2v) is 9.36. The first-order valence-electron chi connectivity index (χ1n) is 12.0. The molecule has 0 amide bonds. The average Bonchev–Trinajstić information content (AvgIpc) is 2.84. The fourth-order valence-electron chi connectivity index (χ4n) is 5.20. The summed E-state index contributed by atoms with van der Waals surface area (Å²) in [6, 6.07) is 7.80. The number of hydrogen-bond donors (Lipinski definition) is 1. The summed E-state index contributed by atoms with van der Waals surface area (Å²) in [7, 11) is 0. The smallest absolute Gasteiger partial charge is 0.352 e. The van der Waals surface area contributed by atoms with Crippen LogP contribution in [-0.2, 0) is 28.2 Å². The normalized spacial score (nSPS) is 25.6. The number of halogens is 7. The lowest BCUT2D eigenvalue weighted by molar-refractivity contribution is -0.190. The molecule has 4 rings (SSSR count). The summed E-state index contributed by atoms with van der Waals surface area (Å²) < 4.78 is 105. The largest absolute Gasteiger partial charge is 0.416 e. The lowest BCUT2D eigenvalue weighted by atomic mass is 9.75. The Morgan fingerprint density at radius 2 is 1.56 bits per heavy atom. The molecule has 1 N–H and O–H groups in total. The van der Waals surface area contributed by atoms with Crippen LogP contribution in [0.3, 0.4) is 0 Å². The second kappa shape index (κ2) is 11.1. The molecule has 3 nitrogen and oxygen atoms in total. The van der Waals surface area contributed by atoms with Gasteiger partial charge in [0.25, 0.3) is 0 Å². The molecule has 0 aliphatic carbocycles. The number of benzene rings is 2. The van der Waals surface area contributed by atoms with E-state index in [9.17, 15) is 30.7 Å². The quantitative estimate of drug-likeness (QED) is 0.431. The van der Waals surface area contributed by atoms with Gasteiger partial charge in [-0.25, -0.2) is 4.39 Å². The molecular weight excluding hydrogens is 491 g/mol. The number of piperidine rings is 1. The van der Waals surface area contributed by atoms with Gasteiger partial charge in [0.2, 0.25) is 0 Å². The van der Waals surface area contributed by atoms with Crippen LogP contribution in [0, 0.1) is 11.7 Å². The zero-order chi connectivity index (χ0) is 25.9. The summed E-state index contributed by atoms with van der Waals surface area (Å²) in [5.41, 5.74) is -2.02. The average molecular weight is 520 g/mol. The molecule has 198 valence electrons. The van der Waals surface area contributed by atoms with Crippen LogP contribution >= 0.6 is 0 Å². The van der Waals surface area contributed by atoms with Gasteiger partial charge in [-0.3, -0.25) is 0 Å². The maximum absolute atomic E-state index is 13.6. The minimum absolute atomic E-state index is 0.112. The Hall–Kier alpha value is -2.17. The summed E-state index contributed by atoms with van der Waals surface area (Å²) >= 11 is 0. The minimum atomic E-state index is -4.91. The fraction of sp³-hybridized carbons (Fsp3) is 0.538. The first kappa shape index (κ1) is 26.9. The van der Waals surface area contributed by atoms with E-state index in [1.165, 1.54) is 12.1 Å². The van der Waals surface area contributed by atoms with Crippen LogP contribution in [0.25, 0.3) is 0 Å². The van der Waals surface area contributed by atoms with Gasteiger partial charge in [-0.1, -0.05) is 18.6 Å². The molecule has 4 atom stereocenters. The topological polar surface area (TPSA) is 30.5 Å². The summed E-state index contributed by atoms with van der Waals surface area (Å²) in [6.45, 7) is 1.17. The maximum Gasteiger partial charge on any atom is 0.416 e. The van der Waals surface area contributed by atoms with Gasteiger partial charge in [0.15, 0.2) is 6.29 Å². The van der Waals surface area contributed by atoms with Crippen molar-refractivity contribution in [3.8, 4) is 0 Å². The number of nitrogens with one attached hydrogen (secondary N) is 1. The highest BCUT2D eigenvalue weighted by Crippen LogP contribution is 2.41. The molecule has 2 aliphatic heterocycles. The molecule has 2 saturated heterocycles. The van der Waals surface area contributed by atoms with Gasteiger partial charge in [-0.2, -0.15) is 26.3 Å². The van der Waals surface area contributed by atoms with Crippen LogP contribution in [0.5, 0.6) is 0 Å². The third-order valence-corrected chi connectivity index (χ3v) is 6.93. The molecule has 2 aliphatic rings. The lowest BCUT2D eigenvalue weighted by Gasteiger charge is -2.43. The second-order valence-electron chi connectivity index (χ2n) is 9.36. The van der Waals surface area contributed by atoms with Gasteiger partial charge in [0.1, 0.15) is 5.82 Å². The zero-order valence-corrected chi connectivity index (χ0v) is 19.5. The van der Waals surface area contributed by atoms with E-state index in [1.54, 1.807) is 12.1 Å². The highest BCUT2D eigenvalue weighted by Gasteiger charge is 2.41. The van der Waals surface area contributed by atoms with Crippen molar-refractivity contribution in [3.05, 3.63) is 70.5 Å². The Bertz CT molecular complexity index is 969. The van der Waals surface area contributed by atoms with Gasteiger partial charge in [0.05, 0.1) is 24.3 Å². The molecule has 0 saturated carbocycles. The van der Waals surface area contributed by atoms with Crippen LogP contribution in [0.1, 0.15) is 53.9 Å². The van der Waals surface area contributed by atoms with Crippen molar-refractivity contribution < 1.29 is 40.2 Å². The first-order chi connectivity index (χ1) is 17.0. The molecule has 0 bridgehead atoms. The third kappa shape index (κ3) is 6.58. The summed E-state index contributed by atoms with van der Waals surface area (Å²) in [4.78, 5) is 0. The first-order valence-corrected chi connectivity index (χ1v) is 12.0. The van der Waals surface area contributed by atoms with Crippen molar-refractivity contribution in [1.82, 2.24) is 5.32 Å². The molecule has 2 aromatic carbocycles. The van der Waals surface area contributed by atoms with Crippen molar-refractivity contribution in [3.63, 3.8) is 0 Å². The molecule has 2 heterocycles. The molecule has 2 aromatic rings. The summed E-state index contributed by atoms with van der Waals surface area (Å²) in [5.74, 6) is -0.521. The Labute approximate surface area is 205 Å². The van der Waals surface area contributed by atoms with Gasteiger partial charge >= 0.3 is 12.4 Å². The van der Waals surface area contributed by atoms with E-state index in [-0.39, 0.29) is 48.4 Å². The summed E-state index contributed by atoms with van der Waals surface area (Å²) in [5, 5.41) is 3.54. The van der Waals surface area contributed by atoms with E-state index in [0.717, 1.165) is 37.8 Å². The number of ether oxygens (including phenoxy) is 2. The maximum atomic E-state index is 13.6. The van der Waals surface area contributed by atoms with E-state index in [1.807, 2.05) is 0 Å². The van der Waals surface area contributed by atoms with E-state index >= 15 is 0 Å². The lowest BCUT2D eigenvalue weighted by Crippen LogP contribution is -2.48. The Morgan fingerprint density at radius 1 is 0.889 bits per heavy atom. The van der Waals surface area contributed by atoms with Gasteiger partial charge in [-0.05, 0) is 79.6 Å². The number of rotatable bonds is 6. The standard InChI is InChI=1S/C26H28F7NO2/c27-20-6-4-17(5-7-20)23-21(22-3-1-2-10-34-22)9-12-36-24(23)35-11-8-16-13-18(25(28,29)30)15-19(14-16)26(31,32)33/h4-7,13-15,21-24,34H,1-3,8-12H2. The number of hydrogen-bond acceptors (Lipinski definition) is 3. The van der Waals surface area contributed by atoms with E-state index < -0.39 is 29.8 Å². The summed E-state index contributed by atoms with van der Waals surface area (Å²) in [6.07, 6.45) is -6.84. The molecule has 0 spiro atoms. The van der Waals surface area contributed by atoms with Crippen LogP contribution < -0.4 is 5.32 Å². The Balaban J connectivity index is 1.52. The zero-order valence-electron chi connectivity index (χ0n) is 19.5. The fourth-order valence-corrected chi connectivity index (χ4v) is 5.20. The van der Waals surface area contributed by atoms with Crippen LogP contribution in [-0.4, -0.2) is 32.1 Å². The molecule has 0 aromatic heterocycles. The van der Waals surface area contributed by atoms with Crippen molar-refractivity contribution in [1.29, 1.82) is 0 Å².